The number of H-pyrrole nitrogens is 1. The summed E-state index contributed by atoms with van der Waals surface area (Å²) in [6.07, 6.45) is 0. The quantitative estimate of drug-likeness (QED) is 0.844. The van der Waals surface area contributed by atoms with Crippen molar-refractivity contribution in [3.05, 3.63) is 41.1 Å². The summed E-state index contributed by atoms with van der Waals surface area (Å²) in [6.45, 7) is 1.52. The molecule has 2 aromatic rings. The van der Waals surface area contributed by atoms with E-state index in [1.807, 2.05) is 0 Å². The molecule has 88 valence electrons. The van der Waals surface area contributed by atoms with Gasteiger partial charge < -0.3 is 5.11 Å². The summed E-state index contributed by atoms with van der Waals surface area (Å²) >= 11 is 0. The number of hydrogen-bond acceptors (Lipinski definition) is 2. The second-order valence-electron chi connectivity index (χ2n) is 3.50. The van der Waals surface area contributed by atoms with E-state index in [0.717, 1.165) is 12.1 Å². The van der Waals surface area contributed by atoms with E-state index in [2.05, 4.69) is 10.2 Å². The molecule has 6 heteroatoms. The van der Waals surface area contributed by atoms with Crippen LogP contribution in [-0.2, 0) is 0 Å². The van der Waals surface area contributed by atoms with E-state index in [1.165, 1.54) is 6.92 Å². The van der Waals surface area contributed by atoms with Crippen LogP contribution >= 0.6 is 0 Å². The Kier molecular flexibility index (Phi) is 2.63. The lowest BCUT2D eigenvalue weighted by Crippen LogP contribution is -2.00. The lowest BCUT2D eigenvalue weighted by molar-refractivity contribution is 0.0697. The number of benzene rings is 1. The number of nitrogens with zero attached hydrogens (tertiary/aromatic N) is 1. The molecule has 2 rings (SSSR count). The number of rotatable bonds is 2. The van der Waals surface area contributed by atoms with Crippen LogP contribution < -0.4 is 0 Å². The molecule has 0 saturated carbocycles. The first kappa shape index (κ1) is 11.3. The highest BCUT2D eigenvalue weighted by Crippen LogP contribution is 2.26. The SMILES string of the molecule is Cc1[nH]nc(-c2ccc(F)cc2F)c1C(=O)O. The molecule has 1 aromatic carbocycles. The minimum atomic E-state index is -1.21. The van der Waals surface area contributed by atoms with Crippen LogP contribution in [0.15, 0.2) is 18.2 Å². The third kappa shape index (κ3) is 1.89. The Hall–Kier alpha value is -2.24. The Labute approximate surface area is 94.9 Å². The molecule has 0 spiro atoms. The van der Waals surface area contributed by atoms with Gasteiger partial charge in [-0.15, -0.1) is 0 Å². The van der Waals surface area contributed by atoms with E-state index in [4.69, 9.17) is 5.11 Å². The van der Waals surface area contributed by atoms with Gasteiger partial charge >= 0.3 is 5.97 Å². The predicted octanol–water partition coefficient (Wildman–Crippen LogP) is 2.36. The second-order valence-corrected chi connectivity index (χ2v) is 3.50. The standard InChI is InChI=1S/C11H8F2N2O2/c1-5-9(11(16)17)10(15-14-5)7-3-2-6(12)4-8(7)13/h2-4H,1H3,(H,14,15)(H,16,17). The maximum Gasteiger partial charge on any atom is 0.339 e. The number of halogens is 2. The average Bonchev–Trinajstić information content (AvgIpc) is 2.60. The number of aromatic nitrogens is 2. The highest BCUT2D eigenvalue weighted by Gasteiger charge is 2.20. The molecule has 0 aliphatic heterocycles. The van der Waals surface area contributed by atoms with E-state index in [9.17, 15) is 13.6 Å². The van der Waals surface area contributed by atoms with Crippen molar-refractivity contribution < 1.29 is 18.7 Å². The molecule has 1 heterocycles. The summed E-state index contributed by atoms with van der Waals surface area (Å²) in [5.74, 6) is -2.79. The van der Waals surface area contributed by atoms with Gasteiger partial charge in [0.05, 0.1) is 0 Å². The van der Waals surface area contributed by atoms with Gasteiger partial charge in [0.2, 0.25) is 0 Å². The van der Waals surface area contributed by atoms with Gasteiger partial charge in [0, 0.05) is 17.3 Å². The molecule has 4 nitrogen and oxygen atoms in total. The number of aromatic amines is 1. The molecular weight excluding hydrogens is 230 g/mol. The molecule has 17 heavy (non-hydrogen) atoms. The monoisotopic (exact) mass is 238 g/mol. The Morgan fingerprint density at radius 3 is 2.71 bits per heavy atom. The Balaban J connectivity index is 2.65. The Morgan fingerprint density at radius 1 is 1.41 bits per heavy atom. The number of aryl methyl sites for hydroxylation is 1. The number of aromatic carboxylic acids is 1. The average molecular weight is 238 g/mol. The lowest BCUT2D eigenvalue weighted by Gasteiger charge is -2.01. The number of nitrogens with one attached hydrogen (secondary N) is 1. The minimum Gasteiger partial charge on any atom is -0.478 e. The molecule has 0 unspecified atom stereocenters. The zero-order valence-electron chi connectivity index (χ0n) is 8.79. The van der Waals surface area contributed by atoms with E-state index >= 15 is 0 Å². The van der Waals surface area contributed by atoms with Crippen molar-refractivity contribution in [2.45, 2.75) is 6.92 Å². The topological polar surface area (TPSA) is 66.0 Å². The van der Waals surface area contributed by atoms with Crippen molar-refractivity contribution in [3.8, 4) is 11.3 Å². The van der Waals surface area contributed by atoms with Gasteiger partial charge in [0.1, 0.15) is 22.9 Å². The van der Waals surface area contributed by atoms with E-state index in [0.29, 0.717) is 11.8 Å². The highest BCUT2D eigenvalue weighted by atomic mass is 19.1. The summed E-state index contributed by atoms with van der Waals surface area (Å²) in [5.41, 5.74) is 0.118. The van der Waals surface area contributed by atoms with Crippen LogP contribution in [0.3, 0.4) is 0 Å². The summed E-state index contributed by atoms with van der Waals surface area (Å²) in [4.78, 5) is 11.0. The molecule has 1 aromatic heterocycles. The molecular formula is C11H8F2N2O2. The van der Waals surface area contributed by atoms with Crippen molar-refractivity contribution in [1.82, 2.24) is 10.2 Å². The molecule has 0 aliphatic carbocycles. The first-order valence-corrected chi connectivity index (χ1v) is 4.74. The van der Waals surface area contributed by atoms with Gasteiger partial charge in [-0.3, -0.25) is 5.10 Å². The first-order chi connectivity index (χ1) is 8.00. The van der Waals surface area contributed by atoms with Gasteiger partial charge in [-0.2, -0.15) is 5.10 Å². The Morgan fingerprint density at radius 2 is 2.12 bits per heavy atom. The molecule has 0 aliphatic rings. The fraction of sp³-hybridized carbons (Fsp3) is 0.0909. The zero-order valence-corrected chi connectivity index (χ0v) is 8.79. The molecule has 0 radical (unpaired) electrons. The summed E-state index contributed by atoms with van der Waals surface area (Å²) < 4.78 is 26.2. The van der Waals surface area contributed by atoms with Crippen LogP contribution in [-0.4, -0.2) is 21.3 Å². The summed E-state index contributed by atoms with van der Waals surface area (Å²) in [6, 6.07) is 2.89. The van der Waals surface area contributed by atoms with Gasteiger partial charge in [-0.25, -0.2) is 13.6 Å². The third-order valence-electron chi connectivity index (χ3n) is 2.35. The second kappa shape index (κ2) is 3.97. The van der Waals surface area contributed by atoms with Gasteiger partial charge in [0.15, 0.2) is 0 Å². The maximum atomic E-state index is 13.5. The predicted molar refractivity (Wildman–Crippen MR) is 55.6 cm³/mol. The molecule has 2 N–H and O–H groups in total. The van der Waals surface area contributed by atoms with Crippen LogP contribution in [0.1, 0.15) is 16.1 Å². The van der Waals surface area contributed by atoms with Crippen molar-refractivity contribution in [1.29, 1.82) is 0 Å². The third-order valence-corrected chi connectivity index (χ3v) is 2.35. The normalized spacial score (nSPS) is 10.5. The van der Waals surface area contributed by atoms with Gasteiger partial charge in [0.25, 0.3) is 0 Å². The van der Waals surface area contributed by atoms with Crippen molar-refractivity contribution in [2.75, 3.05) is 0 Å². The maximum absolute atomic E-state index is 13.5. The van der Waals surface area contributed by atoms with Crippen LogP contribution in [0.2, 0.25) is 0 Å². The lowest BCUT2D eigenvalue weighted by atomic mass is 10.1. The van der Waals surface area contributed by atoms with Crippen molar-refractivity contribution in [2.24, 2.45) is 0 Å². The number of carboxylic acid groups (broad SMARTS) is 1. The highest BCUT2D eigenvalue weighted by molar-refractivity contribution is 5.96. The van der Waals surface area contributed by atoms with E-state index < -0.39 is 17.6 Å². The summed E-state index contributed by atoms with van der Waals surface area (Å²) in [7, 11) is 0. The zero-order chi connectivity index (χ0) is 12.6. The smallest absolute Gasteiger partial charge is 0.339 e. The van der Waals surface area contributed by atoms with E-state index in [-0.39, 0.29) is 16.8 Å². The van der Waals surface area contributed by atoms with Gasteiger partial charge in [-0.1, -0.05) is 0 Å². The minimum absolute atomic E-state index is 0.0347. The molecule has 0 bridgehead atoms. The Bertz CT molecular complexity index is 593. The molecule has 0 amide bonds. The number of hydrogen-bond donors (Lipinski definition) is 2. The fourth-order valence-corrected chi connectivity index (χ4v) is 1.57. The number of carboxylic acids is 1. The fourth-order valence-electron chi connectivity index (χ4n) is 1.57. The van der Waals surface area contributed by atoms with Crippen LogP contribution in [0.25, 0.3) is 11.3 Å². The molecule has 0 fully saturated rings. The van der Waals surface area contributed by atoms with E-state index in [1.54, 1.807) is 0 Å². The molecule has 0 atom stereocenters. The van der Waals surface area contributed by atoms with Crippen LogP contribution in [0.5, 0.6) is 0 Å². The largest absolute Gasteiger partial charge is 0.478 e. The van der Waals surface area contributed by atoms with Crippen molar-refractivity contribution in [3.63, 3.8) is 0 Å². The summed E-state index contributed by atoms with van der Waals surface area (Å²) in [5, 5.41) is 15.2. The van der Waals surface area contributed by atoms with Crippen LogP contribution in [0, 0.1) is 18.6 Å². The van der Waals surface area contributed by atoms with Gasteiger partial charge in [-0.05, 0) is 19.1 Å². The first-order valence-electron chi connectivity index (χ1n) is 4.74. The molecule has 0 saturated heterocycles. The van der Waals surface area contributed by atoms with Crippen molar-refractivity contribution >= 4 is 5.97 Å². The van der Waals surface area contributed by atoms with Crippen LogP contribution in [0.4, 0.5) is 8.78 Å². The number of carbonyl (C=O) groups is 1.